The Morgan fingerprint density at radius 2 is 1.00 bits per heavy atom. The lowest BCUT2D eigenvalue weighted by molar-refractivity contribution is -0.126. The number of hydrogen-bond acceptors (Lipinski definition) is 2. The molecule has 0 aromatic heterocycles. The molecule has 1 N–H and O–H groups in total. The van der Waals surface area contributed by atoms with Gasteiger partial charge in [-0.1, -0.05) is 97.8 Å². The minimum absolute atomic E-state index is 0.199. The minimum Gasteiger partial charge on any atom is -0.289 e. The van der Waals surface area contributed by atoms with E-state index in [2.05, 4.69) is 31.2 Å². The number of rotatable bonds is 19. The summed E-state index contributed by atoms with van der Waals surface area (Å²) >= 11 is 0. The highest BCUT2D eigenvalue weighted by atomic mass is 16.2. The fourth-order valence-electron chi connectivity index (χ4n) is 3.30. The number of hydrazine groups is 1. The summed E-state index contributed by atoms with van der Waals surface area (Å²) < 4.78 is 0. The first-order valence-corrected chi connectivity index (χ1v) is 11.3. The zero-order valence-electron chi connectivity index (χ0n) is 17.6. The van der Waals surface area contributed by atoms with Gasteiger partial charge in [0.25, 0.3) is 0 Å². The Morgan fingerprint density at radius 3 is 1.40 bits per heavy atom. The van der Waals surface area contributed by atoms with Gasteiger partial charge < -0.3 is 0 Å². The first-order valence-electron chi connectivity index (χ1n) is 11.3. The van der Waals surface area contributed by atoms with Crippen LogP contribution in [0.15, 0.2) is 0 Å². The van der Waals surface area contributed by atoms with Crippen molar-refractivity contribution >= 4 is 5.91 Å². The molecule has 0 saturated heterocycles. The SMILES string of the molecule is CCCCCCCCCCCCCCCC(=O)NN(CCC)CCC. The molecule has 0 radical (unpaired) electrons. The average molecular weight is 355 g/mol. The second-order valence-electron chi connectivity index (χ2n) is 7.51. The van der Waals surface area contributed by atoms with E-state index in [4.69, 9.17) is 0 Å². The molecule has 0 saturated carbocycles. The van der Waals surface area contributed by atoms with Gasteiger partial charge in [0.15, 0.2) is 0 Å². The molecule has 3 heteroatoms. The topological polar surface area (TPSA) is 32.3 Å². The van der Waals surface area contributed by atoms with Gasteiger partial charge in [-0.05, 0) is 19.3 Å². The van der Waals surface area contributed by atoms with Crippen LogP contribution in [-0.4, -0.2) is 24.0 Å². The molecule has 0 rings (SSSR count). The highest BCUT2D eigenvalue weighted by Gasteiger charge is 2.07. The summed E-state index contributed by atoms with van der Waals surface area (Å²) in [6.45, 7) is 8.50. The molecule has 0 aliphatic carbocycles. The van der Waals surface area contributed by atoms with Crippen LogP contribution in [0.25, 0.3) is 0 Å². The first kappa shape index (κ1) is 24.4. The van der Waals surface area contributed by atoms with Gasteiger partial charge in [0, 0.05) is 19.5 Å². The number of hydrogen-bond donors (Lipinski definition) is 1. The predicted octanol–water partition coefficient (Wildman–Crippen LogP) is 6.62. The molecule has 0 aliphatic rings. The number of nitrogens with one attached hydrogen (secondary N) is 1. The predicted molar refractivity (Wildman–Crippen MR) is 111 cm³/mol. The van der Waals surface area contributed by atoms with Crippen LogP contribution in [0.2, 0.25) is 0 Å². The van der Waals surface area contributed by atoms with Crippen LogP contribution < -0.4 is 5.43 Å². The van der Waals surface area contributed by atoms with E-state index in [0.717, 1.165) is 32.4 Å². The van der Waals surface area contributed by atoms with Gasteiger partial charge in [0.2, 0.25) is 5.91 Å². The molecule has 25 heavy (non-hydrogen) atoms. The van der Waals surface area contributed by atoms with E-state index >= 15 is 0 Å². The lowest BCUT2D eigenvalue weighted by atomic mass is 10.0. The van der Waals surface area contributed by atoms with Crippen molar-refractivity contribution in [2.45, 2.75) is 124 Å². The third kappa shape index (κ3) is 18.0. The molecule has 0 unspecified atom stereocenters. The van der Waals surface area contributed by atoms with E-state index in [0.29, 0.717) is 6.42 Å². The first-order chi connectivity index (χ1) is 12.2. The highest BCUT2D eigenvalue weighted by Crippen LogP contribution is 2.12. The van der Waals surface area contributed by atoms with Crippen molar-refractivity contribution in [1.29, 1.82) is 0 Å². The number of unbranched alkanes of at least 4 members (excludes halogenated alkanes) is 12. The Hall–Kier alpha value is -0.570. The minimum atomic E-state index is 0.199. The average Bonchev–Trinajstić information content (AvgIpc) is 2.59. The summed E-state index contributed by atoms with van der Waals surface area (Å²) in [5.41, 5.74) is 3.06. The summed E-state index contributed by atoms with van der Waals surface area (Å²) in [5, 5.41) is 2.07. The van der Waals surface area contributed by atoms with Crippen molar-refractivity contribution in [3.8, 4) is 0 Å². The van der Waals surface area contributed by atoms with Crippen molar-refractivity contribution in [2.75, 3.05) is 13.1 Å². The van der Waals surface area contributed by atoms with E-state index in [-0.39, 0.29) is 5.91 Å². The third-order valence-electron chi connectivity index (χ3n) is 4.78. The van der Waals surface area contributed by atoms with Crippen molar-refractivity contribution in [3.05, 3.63) is 0 Å². The van der Waals surface area contributed by atoms with Crippen LogP contribution in [0.1, 0.15) is 124 Å². The van der Waals surface area contributed by atoms with Gasteiger partial charge in [-0.15, -0.1) is 0 Å². The molecule has 0 atom stereocenters. The molecule has 0 aromatic rings. The van der Waals surface area contributed by atoms with Crippen LogP contribution in [0, 0.1) is 0 Å². The highest BCUT2D eigenvalue weighted by molar-refractivity contribution is 5.75. The third-order valence-corrected chi connectivity index (χ3v) is 4.78. The molecular weight excluding hydrogens is 308 g/mol. The number of amides is 1. The summed E-state index contributed by atoms with van der Waals surface area (Å²) in [7, 11) is 0. The Balaban J connectivity index is 3.33. The molecule has 3 nitrogen and oxygen atoms in total. The largest absolute Gasteiger partial charge is 0.289 e. The fraction of sp³-hybridized carbons (Fsp3) is 0.955. The standard InChI is InChI=1S/C22H46N2O/c1-4-7-8-9-10-11-12-13-14-15-16-17-18-19-22(25)23-24(20-5-2)21-6-3/h4-21H2,1-3H3,(H,23,25). The van der Waals surface area contributed by atoms with Crippen LogP contribution in [-0.2, 0) is 4.79 Å². The van der Waals surface area contributed by atoms with Gasteiger partial charge >= 0.3 is 0 Å². The Kier molecular flexibility index (Phi) is 19.3. The molecule has 0 bridgehead atoms. The molecule has 150 valence electrons. The zero-order chi connectivity index (χ0) is 18.6. The molecule has 0 aromatic carbocycles. The van der Waals surface area contributed by atoms with Gasteiger partial charge in [-0.2, -0.15) is 0 Å². The van der Waals surface area contributed by atoms with Crippen LogP contribution in [0.5, 0.6) is 0 Å². The Morgan fingerprint density at radius 1 is 0.600 bits per heavy atom. The quantitative estimate of drug-likeness (QED) is 0.209. The van der Waals surface area contributed by atoms with Crippen molar-refractivity contribution < 1.29 is 4.79 Å². The second kappa shape index (κ2) is 19.8. The number of carbonyl (C=O) groups excluding carboxylic acids is 1. The van der Waals surface area contributed by atoms with Gasteiger partial charge in [0.05, 0.1) is 0 Å². The second-order valence-corrected chi connectivity index (χ2v) is 7.51. The summed E-state index contributed by atoms with van der Waals surface area (Å²) in [5.74, 6) is 0.199. The number of nitrogens with zero attached hydrogens (tertiary/aromatic N) is 1. The van der Waals surface area contributed by atoms with E-state index < -0.39 is 0 Å². The van der Waals surface area contributed by atoms with Gasteiger partial charge in [0.1, 0.15) is 0 Å². The monoisotopic (exact) mass is 354 g/mol. The van der Waals surface area contributed by atoms with E-state index in [1.807, 2.05) is 0 Å². The normalized spacial score (nSPS) is 11.2. The van der Waals surface area contributed by atoms with Crippen molar-refractivity contribution in [3.63, 3.8) is 0 Å². The number of carbonyl (C=O) groups is 1. The van der Waals surface area contributed by atoms with E-state index in [1.54, 1.807) is 0 Å². The Labute approximate surface area is 158 Å². The smallest absolute Gasteiger partial charge is 0.234 e. The van der Waals surface area contributed by atoms with Crippen LogP contribution in [0.4, 0.5) is 0 Å². The van der Waals surface area contributed by atoms with E-state index in [1.165, 1.54) is 77.0 Å². The summed E-state index contributed by atoms with van der Waals surface area (Å²) in [6.07, 6.45) is 20.4. The van der Waals surface area contributed by atoms with Gasteiger partial charge in [-0.3, -0.25) is 10.2 Å². The molecule has 0 spiro atoms. The Bertz CT molecular complexity index is 275. The molecule has 1 amide bonds. The summed E-state index contributed by atoms with van der Waals surface area (Å²) in [4.78, 5) is 12.0. The van der Waals surface area contributed by atoms with Crippen molar-refractivity contribution in [2.24, 2.45) is 0 Å². The summed E-state index contributed by atoms with van der Waals surface area (Å²) in [6, 6.07) is 0. The molecule has 0 heterocycles. The van der Waals surface area contributed by atoms with Gasteiger partial charge in [-0.25, -0.2) is 5.01 Å². The lowest BCUT2D eigenvalue weighted by Crippen LogP contribution is -2.42. The zero-order valence-corrected chi connectivity index (χ0v) is 17.6. The van der Waals surface area contributed by atoms with Crippen LogP contribution >= 0.6 is 0 Å². The van der Waals surface area contributed by atoms with Crippen molar-refractivity contribution in [1.82, 2.24) is 10.4 Å². The fourth-order valence-corrected chi connectivity index (χ4v) is 3.30. The van der Waals surface area contributed by atoms with Crippen LogP contribution in [0.3, 0.4) is 0 Å². The molecular formula is C22H46N2O. The maximum atomic E-state index is 12.0. The molecule has 0 aliphatic heterocycles. The maximum absolute atomic E-state index is 12.0. The van der Waals surface area contributed by atoms with E-state index in [9.17, 15) is 4.79 Å². The lowest BCUT2D eigenvalue weighted by Gasteiger charge is -2.21. The molecule has 0 fully saturated rings. The maximum Gasteiger partial charge on any atom is 0.234 e.